The van der Waals surface area contributed by atoms with Gasteiger partial charge < -0.3 is 4.80 Å². The molecule has 0 unspecified atom stereocenters. The monoisotopic (exact) mass is 107 g/mol. The van der Waals surface area contributed by atoms with Gasteiger partial charge in [-0.25, -0.2) is 0 Å². The minimum atomic E-state index is 0. The molecule has 0 aromatic rings. The van der Waals surface area contributed by atoms with Crippen molar-refractivity contribution in [2.75, 3.05) is 0 Å². The first-order valence-electron chi connectivity index (χ1n) is 0.447. The van der Waals surface area contributed by atoms with Crippen LogP contribution in [0.4, 0.5) is 4.70 Å². The Hall–Kier alpha value is 1.74. The summed E-state index contributed by atoms with van der Waals surface area (Å²) in [5, 5.41) is 0. The van der Waals surface area contributed by atoms with E-state index in [1.54, 1.807) is 0 Å². The Morgan fingerprint density at radius 3 is 1.25 bits per heavy atom. The number of halogens is 1. The first kappa shape index (κ1) is 17.2. The molecule has 4 heteroatoms. The molecular formula is H5FKOSi. The molecular weight excluding hydrogens is 102 g/mol. The van der Waals surface area contributed by atoms with E-state index in [-0.39, 0.29) is 56.1 Å². The zero-order valence-corrected chi connectivity index (χ0v) is 7.98. The molecule has 0 aromatic carbocycles. The number of rotatable bonds is 0. The first-order chi connectivity index (χ1) is 1.00. The second-order valence-electron chi connectivity index (χ2n) is 0. The topological polar surface area (TPSA) is 20.2 Å². The van der Waals surface area contributed by atoms with Crippen molar-refractivity contribution in [1.29, 1.82) is 0 Å². The molecule has 0 saturated carbocycles. The summed E-state index contributed by atoms with van der Waals surface area (Å²) >= 11 is 0. The van der Waals surface area contributed by atoms with Gasteiger partial charge in [-0.15, -0.1) is 0 Å². The van der Waals surface area contributed by atoms with Crippen LogP contribution in [-0.4, -0.2) is 66.7 Å². The summed E-state index contributed by atoms with van der Waals surface area (Å²) in [5.41, 5.74) is 0. The number of hydrogen-bond acceptors (Lipinski definition) is 1. The minimum absolute atomic E-state index is 0. The SMILES string of the molecule is F.O[SiH3].[K]. The first-order valence-corrected chi connectivity index (χ1v) is 1.34. The van der Waals surface area contributed by atoms with Crippen LogP contribution in [0, 0.1) is 0 Å². The fourth-order valence-corrected chi connectivity index (χ4v) is 0. The molecule has 0 amide bonds. The predicted octanol–water partition coefficient (Wildman–Crippen LogP) is -1.97. The summed E-state index contributed by atoms with van der Waals surface area (Å²) in [7, 11) is 0.306. The van der Waals surface area contributed by atoms with E-state index < -0.39 is 0 Å². The van der Waals surface area contributed by atoms with Crippen molar-refractivity contribution in [3.63, 3.8) is 0 Å². The molecule has 0 atom stereocenters. The van der Waals surface area contributed by atoms with Gasteiger partial charge in [0.2, 0.25) is 0 Å². The Balaban J connectivity index is -0.00000000500. The molecule has 1 radical (unpaired) electrons. The Morgan fingerprint density at radius 2 is 1.25 bits per heavy atom. The van der Waals surface area contributed by atoms with Crippen LogP contribution in [0.15, 0.2) is 0 Å². The summed E-state index contributed by atoms with van der Waals surface area (Å²) < 4.78 is 0. The van der Waals surface area contributed by atoms with Crippen molar-refractivity contribution in [1.82, 2.24) is 0 Å². The van der Waals surface area contributed by atoms with Crippen molar-refractivity contribution in [2.24, 2.45) is 0 Å². The van der Waals surface area contributed by atoms with Gasteiger partial charge in [-0.1, -0.05) is 0 Å². The fraction of sp³-hybridized carbons (Fsp3) is 0. The van der Waals surface area contributed by atoms with Crippen molar-refractivity contribution < 1.29 is 9.50 Å². The Morgan fingerprint density at radius 1 is 1.25 bits per heavy atom. The largest absolute Gasteiger partial charge is 0.442 e. The van der Waals surface area contributed by atoms with Gasteiger partial charge in [0.15, 0.2) is 0 Å². The zero-order chi connectivity index (χ0) is 2.00. The second-order valence-corrected chi connectivity index (χ2v) is 0. The van der Waals surface area contributed by atoms with E-state index in [4.69, 9.17) is 4.80 Å². The molecule has 0 aliphatic rings. The summed E-state index contributed by atoms with van der Waals surface area (Å²) in [5.74, 6) is 0. The van der Waals surface area contributed by atoms with Crippen molar-refractivity contribution in [2.45, 2.75) is 0 Å². The fourth-order valence-electron chi connectivity index (χ4n) is 0. The normalized spacial score (nSPS) is 2.25. The molecule has 0 spiro atoms. The summed E-state index contributed by atoms with van der Waals surface area (Å²) in [4.78, 5) is 7.14. The van der Waals surface area contributed by atoms with Crippen LogP contribution in [0.25, 0.3) is 0 Å². The van der Waals surface area contributed by atoms with Crippen molar-refractivity contribution in [3.05, 3.63) is 0 Å². The minimum Gasteiger partial charge on any atom is -0.442 e. The van der Waals surface area contributed by atoms with Crippen molar-refractivity contribution in [3.8, 4) is 0 Å². The quantitative estimate of drug-likeness (QED) is 0.356. The van der Waals surface area contributed by atoms with Crippen LogP contribution in [0.5, 0.6) is 0 Å². The average Bonchev–Trinajstić information content (AvgIpc) is 1.00. The molecule has 0 aromatic heterocycles. The van der Waals surface area contributed by atoms with Gasteiger partial charge in [0.25, 0.3) is 0 Å². The van der Waals surface area contributed by atoms with E-state index in [9.17, 15) is 0 Å². The number of hydrogen-bond donors (Lipinski definition) is 1. The zero-order valence-electron chi connectivity index (χ0n) is 2.86. The van der Waals surface area contributed by atoms with Gasteiger partial charge in [-0.05, 0) is 0 Å². The van der Waals surface area contributed by atoms with E-state index in [0.29, 0.717) is 10.5 Å². The van der Waals surface area contributed by atoms with Crippen LogP contribution in [0.1, 0.15) is 0 Å². The van der Waals surface area contributed by atoms with Gasteiger partial charge in [0.05, 0.1) is 0 Å². The molecule has 0 aliphatic carbocycles. The molecule has 0 saturated heterocycles. The third kappa shape index (κ3) is 9.27. The second kappa shape index (κ2) is 21.9. The average molecular weight is 107 g/mol. The van der Waals surface area contributed by atoms with E-state index in [0.717, 1.165) is 0 Å². The van der Waals surface area contributed by atoms with Crippen LogP contribution in [0.2, 0.25) is 0 Å². The maximum Gasteiger partial charge on any atom is 0.141 e. The summed E-state index contributed by atoms with van der Waals surface area (Å²) in [6, 6.07) is 0. The van der Waals surface area contributed by atoms with Gasteiger partial charge in [0.1, 0.15) is 10.5 Å². The van der Waals surface area contributed by atoms with E-state index in [1.807, 2.05) is 0 Å². The molecule has 4 heavy (non-hydrogen) atoms. The Labute approximate surface area is 70.1 Å². The molecule has 0 heterocycles. The maximum atomic E-state index is 7.14. The Kier molecular flexibility index (Phi) is 93.9. The molecule has 0 aliphatic heterocycles. The van der Waals surface area contributed by atoms with Gasteiger partial charge in [0, 0.05) is 51.4 Å². The molecule has 23 valence electrons. The van der Waals surface area contributed by atoms with Gasteiger partial charge in [-0.2, -0.15) is 0 Å². The van der Waals surface area contributed by atoms with Crippen LogP contribution < -0.4 is 0 Å². The van der Waals surface area contributed by atoms with Gasteiger partial charge >= 0.3 is 0 Å². The third-order valence-corrected chi connectivity index (χ3v) is 0. The van der Waals surface area contributed by atoms with E-state index in [2.05, 4.69) is 0 Å². The molecule has 0 rings (SSSR count). The van der Waals surface area contributed by atoms with E-state index in [1.165, 1.54) is 0 Å². The van der Waals surface area contributed by atoms with Crippen LogP contribution in [0.3, 0.4) is 0 Å². The molecule has 0 fully saturated rings. The summed E-state index contributed by atoms with van der Waals surface area (Å²) in [6.07, 6.45) is 0. The molecule has 1 nitrogen and oxygen atoms in total. The molecule has 1 N–H and O–H groups in total. The van der Waals surface area contributed by atoms with Gasteiger partial charge in [-0.3, -0.25) is 4.70 Å². The van der Waals surface area contributed by atoms with Crippen LogP contribution in [-0.2, 0) is 0 Å². The van der Waals surface area contributed by atoms with E-state index >= 15 is 0 Å². The third-order valence-electron chi connectivity index (χ3n) is 0. The standard InChI is InChI=1S/FH.K.H4OSi/c;;1-2/h1H;;1H,2H3. The summed E-state index contributed by atoms with van der Waals surface area (Å²) in [6.45, 7) is 0. The van der Waals surface area contributed by atoms with Crippen molar-refractivity contribution >= 4 is 61.9 Å². The Bertz CT molecular complexity index is 8.00. The maximum absolute atomic E-state index is 7.14. The predicted molar refractivity (Wildman–Crippen MR) is 20.4 cm³/mol. The van der Waals surface area contributed by atoms with Crippen LogP contribution >= 0.6 is 0 Å². The smallest absolute Gasteiger partial charge is 0.141 e. The molecule has 0 bridgehead atoms.